The zero-order chi connectivity index (χ0) is 23.9. The van der Waals surface area contributed by atoms with Gasteiger partial charge in [-0.25, -0.2) is 0 Å². The first-order valence-corrected chi connectivity index (χ1v) is 11.5. The average molecular weight is 480 g/mol. The van der Waals surface area contributed by atoms with Gasteiger partial charge in [-0.3, -0.25) is 14.4 Å². The minimum atomic E-state index is -4.54. The Morgan fingerprint density at radius 3 is 2.85 bits per heavy atom. The number of carbonyl (C=O) groups excluding carboxylic acids is 1. The van der Waals surface area contributed by atoms with E-state index in [9.17, 15) is 23.1 Å². The highest BCUT2D eigenvalue weighted by Crippen LogP contribution is 2.38. The van der Waals surface area contributed by atoms with Crippen molar-refractivity contribution in [1.29, 1.82) is 0 Å². The van der Waals surface area contributed by atoms with E-state index >= 15 is 0 Å². The van der Waals surface area contributed by atoms with Gasteiger partial charge in [0.25, 0.3) is 5.91 Å². The molecule has 11 heteroatoms. The van der Waals surface area contributed by atoms with Gasteiger partial charge in [-0.15, -0.1) is 0 Å². The van der Waals surface area contributed by atoms with E-state index in [0.717, 1.165) is 43.4 Å². The fourth-order valence-electron chi connectivity index (χ4n) is 4.29. The number of alkyl halides is 3. The summed E-state index contributed by atoms with van der Waals surface area (Å²) in [4.78, 5) is 15.1. The van der Waals surface area contributed by atoms with Gasteiger partial charge in [0.1, 0.15) is 18.5 Å². The van der Waals surface area contributed by atoms with Gasteiger partial charge < -0.3 is 19.9 Å². The Labute approximate surface area is 194 Å². The van der Waals surface area contributed by atoms with Crippen molar-refractivity contribution in [2.45, 2.75) is 44.3 Å². The van der Waals surface area contributed by atoms with E-state index in [1.54, 1.807) is 10.7 Å². The molecule has 2 atom stereocenters. The maximum absolute atomic E-state index is 13.1. The molecule has 1 fully saturated rings. The Bertz CT molecular complexity index is 1050. The van der Waals surface area contributed by atoms with Gasteiger partial charge in [0.2, 0.25) is 0 Å². The van der Waals surface area contributed by atoms with Crippen molar-refractivity contribution in [3.8, 4) is 5.75 Å². The predicted molar refractivity (Wildman–Crippen MR) is 114 cm³/mol. The summed E-state index contributed by atoms with van der Waals surface area (Å²) in [6, 6.07) is 3.76. The molecule has 34 heavy (non-hydrogen) atoms. The van der Waals surface area contributed by atoms with Crippen LogP contribution in [0.3, 0.4) is 0 Å². The van der Waals surface area contributed by atoms with Gasteiger partial charge in [-0.2, -0.15) is 18.3 Å². The molecule has 0 saturated heterocycles. The van der Waals surface area contributed by atoms with Crippen LogP contribution in [-0.2, 0) is 24.0 Å². The van der Waals surface area contributed by atoms with Crippen LogP contribution >= 0.6 is 0 Å². The van der Waals surface area contributed by atoms with Gasteiger partial charge in [-0.05, 0) is 43.0 Å². The molecule has 184 valence electrons. The van der Waals surface area contributed by atoms with E-state index in [1.807, 2.05) is 0 Å². The summed E-state index contributed by atoms with van der Waals surface area (Å²) >= 11 is 0. The van der Waals surface area contributed by atoms with Gasteiger partial charge >= 0.3 is 6.18 Å². The van der Waals surface area contributed by atoms with Crippen LogP contribution in [0.25, 0.3) is 0 Å². The van der Waals surface area contributed by atoms with Crippen molar-refractivity contribution in [2.75, 3.05) is 32.9 Å². The van der Waals surface area contributed by atoms with Crippen LogP contribution in [0.1, 0.15) is 46.3 Å². The second kappa shape index (κ2) is 9.20. The number of aliphatic hydroxyl groups is 1. The van der Waals surface area contributed by atoms with Gasteiger partial charge in [0, 0.05) is 31.8 Å². The summed E-state index contributed by atoms with van der Waals surface area (Å²) in [7, 11) is 0. The third kappa shape index (κ3) is 5.06. The summed E-state index contributed by atoms with van der Waals surface area (Å²) < 4.78 is 52.2. The minimum Gasteiger partial charge on any atom is -0.491 e. The van der Waals surface area contributed by atoms with E-state index in [0.29, 0.717) is 19.7 Å². The normalized spacial score (nSPS) is 22.6. The smallest absolute Gasteiger partial charge is 0.416 e. The lowest BCUT2D eigenvalue weighted by Gasteiger charge is -2.31. The maximum Gasteiger partial charge on any atom is 0.416 e. The topological polar surface area (TPSA) is 88.8 Å². The summed E-state index contributed by atoms with van der Waals surface area (Å²) in [5.41, 5.74) is 0.211. The lowest BCUT2D eigenvalue weighted by atomic mass is 9.97. The molecule has 3 heterocycles. The van der Waals surface area contributed by atoms with E-state index in [-0.39, 0.29) is 23.6 Å². The number of ether oxygens (including phenoxy) is 2. The molecule has 1 aromatic heterocycles. The summed E-state index contributed by atoms with van der Waals surface area (Å²) in [5.74, 6) is 0.394. The van der Waals surface area contributed by atoms with Crippen molar-refractivity contribution in [3.63, 3.8) is 0 Å². The van der Waals surface area contributed by atoms with Crippen molar-refractivity contribution < 1.29 is 32.5 Å². The fraction of sp³-hybridized carbons (Fsp3) is 0.565. The number of fused-ring (bicyclic) bond motifs is 2. The minimum absolute atomic E-state index is 0.00458. The predicted octanol–water partition coefficient (Wildman–Crippen LogP) is 2.37. The van der Waals surface area contributed by atoms with E-state index in [1.165, 1.54) is 18.9 Å². The zero-order valence-corrected chi connectivity index (χ0v) is 18.6. The van der Waals surface area contributed by atoms with Crippen LogP contribution < -0.4 is 10.1 Å². The number of amides is 1. The van der Waals surface area contributed by atoms with Crippen molar-refractivity contribution >= 4 is 5.91 Å². The molecule has 0 bridgehead atoms. The number of aromatic nitrogens is 2. The molecule has 2 unspecified atom stereocenters. The molecular formula is C23H27F3N4O4. The number of hydrogen-bond donors (Lipinski definition) is 2. The van der Waals surface area contributed by atoms with Crippen molar-refractivity contribution in [2.24, 2.45) is 5.92 Å². The third-order valence-electron chi connectivity index (χ3n) is 6.48. The fourth-order valence-corrected chi connectivity index (χ4v) is 4.29. The van der Waals surface area contributed by atoms with Gasteiger partial charge in [0.05, 0.1) is 30.5 Å². The number of nitrogens with one attached hydrogen (secondary N) is 1. The maximum atomic E-state index is 13.1. The Hall–Kier alpha value is -2.63. The highest BCUT2D eigenvalue weighted by molar-refractivity contribution is 5.92. The third-order valence-corrected chi connectivity index (χ3v) is 6.48. The standard InChI is InChI=1S/C23H27F3N4O4/c24-23(25,26)15-3-4-20-17(9-15)21(31)19(13-34-20)27-22(32)18-10-16-11-29(5-6-30(16)28-18)7-8-33-12-14-1-2-14/h3-4,9-10,14,19,21,31H,1-2,5-8,11-13H2,(H,27,32). The van der Waals surface area contributed by atoms with Crippen LogP contribution in [-0.4, -0.2) is 64.6 Å². The molecule has 8 nitrogen and oxygen atoms in total. The molecule has 0 spiro atoms. The van der Waals surface area contributed by atoms with E-state index < -0.39 is 29.8 Å². The Morgan fingerprint density at radius 2 is 2.09 bits per heavy atom. The first-order chi connectivity index (χ1) is 16.3. The second-order valence-electron chi connectivity index (χ2n) is 9.12. The first-order valence-electron chi connectivity index (χ1n) is 11.5. The SMILES string of the molecule is O=C(NC1COc2ccc(C(F)(F)F)cc2C1O)c1cc2n(n1)CCN(CCOCC1CC1)C2. The van der Waals surface area contributed by atoms with Crippen LogP contribution in [0.15, 0.2) is 24.3 Å². The van der Waals surface area contributed by atoms with Crippen LogP contribution in [0.4, 0.5) is 13.2 Å². The number of carbonyl (C=O) groups is 1. The van der Waals surface area contributed by atoms with E-state index in [4.69, 9.17) is 9.47 Å². The molecular weight excluding hydrogens is 453 g/mol. The zero-order valence-electron chi connectivity index (χ0n) is 18.6. The Morgan fingerprint density at radius 1 is 1.26 bits per heavy atom. The monoisotopic (exact) mass is 480 g/mol. The lowest BCUT2D eigenvalue weighted by Crippen LogP contribution is -2.45. The largest absolute Gasteiger partial charge is 0.491 e. The highest BCUT2D eigenvalue weighted by atomic mass is 19.4. The lowest BCUT2D eigenvalue weighted by molar-refractivity contribution is -0.137. The number of aliphatic hydroxyl groups excluding tert-OH is 1. The van der Waals surface area contributed by atoms with Crippen LogP contribution in [0, 0.1) is 5.92 Å². The molecule has 2 aromatic rings. The van der Waals surface area contributed by atoms with Gasteiger partial charge in [0.15, 0.2) is 5.69 Å². The van der Waals surface area contributed by atoms with Crippen LogP contribution in [0.2, 0.25) is 0 Å². The molecule has 0 radical (unpaired) electrons. The van der Waals surface area contributed by atoms with E-state index in [2.05, 4.69) is 15.3 Å². The molecule has 1 aromatic carbocycles. The Kier molecular flexibility index (Phi) is 6.26. The number of halogens is 3. The quantitative estimate of drug-likeness (QED) is 0.592. The highest BCUT2D eigenvalue weighted by Gasteiger charge is 2.36. The molecule has 1 saturated carbocycles. The molecule has 2 N–H and O–H groups in total. The van der Waals surface area contributed by atoms with Crippen LogP contribution in [0.5, 0.6) is 5.75 Å². The van der Waals surface area contributed by atoms with Crippen molar-refractivity contribution in [3.05, 3.63) is 46.8 Å². The number of hydrogen-bond acceptors (Lipinski definition) is 6. The van der Waals surface area contributed by atoms with Gasteiger partial charge in [-0.1, -0.05) is 0 Å². The average Bonchev–Trinajstić information content (AvgIpc) is 3.53. The summed E-state index contributed by atoms with van der Waals surface area (Å²) in [6.07, 6.45) is -3.35. The molecule has 2 aliphatic heterocycles. The molecule has 3 aliphatic rings. The number of benzene rings is 1. The molecule has 1 amide bonds. The van der Waals surface area contributed by atoms with Crippen molar-refractivity contribution in [1.82, 2.24) is 20.0 Å². The molecule has 5 rings (SSSR count). The molecule has 1 aliphatic carbocycles. The summed E-state index contributed by atoms with van der Waals surface area (Å²) in [6.45, 7) is 4.35. The first kappa shape index (κ1) is 23.1. The summed E-state index contributed by atoms with van der Waals surface area (Å²) in [5, 5.41) is 17.7. The number of rotatable bonds is 7. The number of nitrogens with zero attached hydrogens (tertiary/aromatic N) is 3. The Balaban J connectivity index is 1.19. The second-order valence-corrected chi connectivity index (χ2v) is 9.12.